The third-order valence-corrected chi connectivity index (χ3v) is 6.32. The number of thioether (sulfide) groups is 1. The van der Waals surface area contributed by atoms with Gasteiger partial charge in [-0.25, -0.2) is 0 Å². The van der Waals surface area contributed by atoms with E-state index in [0.717, 1.165) is 23.6 Å². The van der Waals surface area contributed by atoms with Crippen molar-refractivity contribution in [3.05, 3.63) is 89.7 Å². The molecule has 1 aromatic heterocycles. The molecule has 1 aliphatic heterocycles. The Morgan fingerprint density at radius 2 is 1.97 bits per heavy atom. The molecular formula is C24H25N3OS. The third kappa shape index (κ3) is 4.98. The molecule has 1 N–H and O–H groups in total. The lowest BCUT2D eigenvalue weighted by Crippen LogP contribution is -2.39. The van der Waals surface area contributed by atoms with Crippen LogP contribution in [0.4, 0.5) is 5.69 Å². The van der Waals surface area contributed by atoms with Crippen LogP contribution in [0.2, 0.25) is 0 Å². The quantitative estimate of drug-likeness (QED) is 0.619. The molecule has 2 aromatic carbocycles. The first-order chi connectivity index (χ1) is 14.2. The van der Waals surface area contributed by atoms with Crippen molar-refractivity contribution in [2.75, 3.05) is 25.0 Å². The van der Waals surface area contributed by atoms with E-state index < -0.39 is 0 Å². The number of pyridine rings is 1. The Kier molecular flexibility index (Phi) is 6.15. The standard InChI is InChI=1S/C24H25N3OS/c1-27-16-19(13-21-6-2-3-7-23(21)27)15-26-24(28)20-8-10-22(11-9-20)29-17-18-5-4-12-25-14-18/h2-12,14,19H,13,15-17H2,1H3,(H,26,28)/t19-/m1/s1. The highest BCUT2D eigenvalue weighted by atomic mass is 32.2. The molecule has 5 heteroatoms. The zero-order valence-corrected chi connectivity index (χ0v) is 17.4. The maximum Gasteiger partial charge on any atom is 0.251 e. The molecule has 0 radical (unpaired) electrons. The van der Waals surface area contributed by atoms with Gasteiger partial charge in [-0.3, -0.25) is 9.78 Å². The van der Waals surface area contributed by atoms with Gasteiger partial charge in [-0.15, -0.1) is 11.8 Å². The summed E-state index contributed by atoms with van der Waals surface area (Å²) >= 11 is 1.75. The second-order valence-electron chi connectivity index (χ2n) is 7.46. The van der Waals surface area contributed by atoms with Crippen molar-refractivity contribution < 1.29 is 4.79 Å². The number of aromatic nitrogens is 1. The van der Waals surface area contributed by atoms with Gasteiger partial charge in [-0.2, -0.15) is 0 Å². The number of hydrogen-bond donors (Lipinski definition) is 1. The number of benzene rings is 2. The maximum atomic E-state index is 12.6. The van der Waals surface area contributed by atoms with Crippen molar-refractivity contribution in [3.8, 4) is 0 Å². The molecule has 1 aliphatic rings. The van der Waals surface area contributed by atoms with Crippen molar-refractivity contribution in [3.63, 3.8) is 0 Å². The molecule has 3 aromatic rings. The topological polar surface area (TPSA) is 45.2 Å². The molecule has 0 saturated heterocycles. The van der Waals surface area contributed by atoms with E-state index in [0.29, 0.717) is 18.0 Å². The summed E-state index contributed by atoms with van der Waals surface area (Å²) in [6.45, 7) is 1.65. The number of fused-ring (bicyclic) bond motifs is 1. The number of nitrogens with zero attached hydrogens (tertiary/aromatic N) is 2. The van der Waals surface area contributed by atoms with Crippen molar-refractivity contribution >= 4 is 23.4 Å². The number of anilines is 1. The molecule has 0 spiro atoms. The van der Waals surface area contributed by atoms with Crippen LogP contribution in [0.1, 0.15) is 21.5 Å². The van der Waals surface area contributed by atoms with Crippen LogP contribution in [0, 0.1) is 5.92 Å². The van der Waals surface area contributed by atoms with Crippen molar-refractivity contribution in [2.45, 2.75) is 17.1 Å². The molecule has 29 heavy (non-hydrogen) atoms. The van der Waals surface area contributed by atoms with Gasteiger partial charge in [0.05, 0.1) is 0 Å². The van der Waals surface area contributed by atoms with Gasteiger partial charge >= 0.3 is 0 Å². The van der Waals surface area contributed by atoms with Gasteiger partial charge in [0, 0.05) is 54.4 Å². The van der Waals surface area contributed by atoms with E-state index in [1.54, 1.807) is 18.0 Å². The average Bonchev–Trinajstić information content (AvgIpc) is 2.77. The van der Waals surface area contributed by atoms with E-state index in [9.17, 15) is 4.79 Å². The van der Waals surface area contributed by atoms with Gasteiger partial charge in [-0.05, 0) is 59.9 Å². The van der Waals surface area contributed by atoms with Gasteiger partial charge in [0.2, 0.25) is 0 Å². The highest BCUT2D eigenvalue weighted by Crippen LogP contribution is 2.28. The Balaban J connectivity index is 1.29. The predicted octanol–water partition coefficient (Wildman–Crippen LogP) is 4.41. The summed E-state index contributed by atoms with van der Waals surface area (Å²) in [6, 6.07) is 20.4. The van der Waals surface area contributed by atoms with E-state index in [-0.39, 0.29) is 5.91 Å². The molecule has 1 amide bonds. The second kappa shape index (κ2) is 9.14. The van der Waals surface area contributed by atoms with Crippen LogP contribution in [0.5, 0.6) is 0 Å². The molecule has 2 heterocycles. The van der Waals surface area contributed by atoms with Gasteiger partial charge < -0.3 is 10.2 Å². The minimum absolute atomic E-state index is 0.00433. The summed E-state index contributed by atoms with van der Waals surface area (Å²) in [4.78, 5) is 20.1. The van der Waals surface area contributed by atoms with Crippen LogP contribution < -0.4 is 10.2 Å². The minimum atomic E-state index is -0.00433. The second-order valence-corrected chi connectivity index (χ2v) is 8.51. The highest BCUT2D eigenvalue weighted by Gasteiger charge is 2.22. The molecule has 0 fully saturated rings. The fraction of sp³-hybridized carbons (Fsp3) is 0.250. The Morgan fingerprint density at radius 3 is 2.76 bits per heavy atom. The van der Waals surface area contributed by atoms with E-state index in [1.165, 1.54) is 16.8 Å². The largest absolute Gasteiger partial charge is 0.374 e. The monoisotopic (exact) mass is 403 g/mol. The summed E-state index contributed by atoms with van der Waals surface area (Å²) in [5.74, 6) is 1.29. The van der Waals surface area contributed by atoms with Crippen LogP contribution in [0.15, 0.2) is 78.0 Å². The van der Waals surface area contributed by atoms with Crippen LogP contribution in [0.3, 0.4) is 0 Å². The number of carbonyl (C=O) groups is 1. The van der Waals surface area contributed by atoms with Crippen LogP contribution in [0.25, 0.3) is 0 Å². The normalized spacial score (nSPS) is 15.6. The zero-order valence-electron chi connectivity index (χ0n) is 16.5. The zero-order chi connectivity index (χ0) is 20.1. The summed E-state index contributed by atoms with van der Waals surface area (Å²) in [6.07, 6.45) is 4.67. The number of para-hydroxylation sites is 1. The van der Waals surface area contributed by atoms with Crippen LogP contribution in [-0.4, -0.2) is 31.0 Å². The molecule has 148 valence electrons. The number of rotatable bonds is 6. The first-order valence-electron chi connectivity index (χ1n) is 9.88. The minimum Gasteiger partial charge on any atom is -0.374 e. The molecular weight excluding hydrogens is 378 g/mol. The summed E-state index contributed by atoms with van der Waals surface area (Å²) < 4.78 is 0. The van der Waals surface area contributed by atoms with E-state index in [1.807, 2.05) is 36.5 Å². The fourth-order valence-electron chi connectivity index (χ4n) is 3.75. The van der Waals surface area contributed by atoms with Gasteiger partial charge in [0.1, 0.15) is 0 Å². The number of carbonyl (C=O) groups excluding carboxylic acids is 1. The number of nitrogens with one attached hydrogen (secondary N) is 1. The molecule has 0 aliphatic carbocycles. The third-order valence-electron chi connectivity index (χ3n) is 5.24. The molecule has 4 rings (SSSR count). The van der Waals surface area contributed by atoms with E-state index >= 15 is 0 Å². The van der Waals surface area contributed by atoms with E-state index in [2.05, 4.69) is 52.6 Å². The molecule has 4 nitrogen and oxygen atoms in total. The van der Waals surface area contributed by atoms with Crippen LogP contribution >= 0.6 is 11.8 Å². The van der Waals surface area contributed by atoms with Crippen molar-refractivity contribution in [1.29, 1.82) is 0 Å². The lowest BCUT2D eigenvalue weighted by atomic mass is 9.92. The summed E-state index contributed by atoms with van der Waals surface area (Å²) in [5, 5.41) is 3.12. The van der Waals surface area contributed by atoms with Crippen molar-refractivity contribution in [1.82, 2.24) is 10.3 Å². The predicted molar refractivity (Wildman–Crippen MR) is 119 cm³/mol. The lowest BCUT2D eigenvalue weighted by Gasteiger charge is -2.33. The van der Waals surface area contributed by atoms with Crippen molar-refractivity contribution in [2.24, 2.45) is 5.92 Å². The first-order valence-corrected chi connectivity index (χ1v) is 10.9. The Bertz CT molecular complexity index is 959. The summed E-state index contributed by atoms with van der Waals surface area (Å²) in [7, 11) is 2.12. The van der Waals surface area contributed by atoms with Gasteiger partial charge in [-0.1, -0.05) is 24.3 Å². The van der Waals surface area contributed by atoms with E-state index in [4.69, 9.17) is 0 Å². The highest BCUT2D eigenvalue weighted by molar-refractivity contribution is 7.98. The summed E-state index contributed by atoms with van der Waals surface area (Å²) in [5.41, 5.74) is 4.56. The Labute approximate surface area is 176 Å². The Hall–Kier alpha value is -2.79. The molecule has 0 unspecified atom stereocenters. The molecule has 1 atom stereocenters. The number of hydrogen-bond acceptors (Lipinski definition) is 4. The van der Waals surface area contributed by atoms with Gasteiger partial charge in [0.25, 0.3) is 5.91 Å². The lowest BCUT2D eigenvalue weighted by molar-refractivity contribution is 0.0947. The SMILES string of the molecule is CN1C[C@@H](CNC(=O)c2ccc(SCc3cccnc3)cc2)Cc2ccccc21. The maximum absolute atomic E-state index is 12.6. The smallest absolute Gasteiger partial charge is 0.251 e. The fourth-order valence-corrected chi connectivity index (χ4v) is 4.58. The number of amides is 1. The van der Waals surface area contributed by atoms with Crippen LogP contribution in [-0.2, 0) is 12.2 Å². The average molecular weight is 404 g/mol. The first kappa shape index (κ1) is 19.5. The Morgan fingerprint density at radius 1 is 1.14 bits per heavy atom. The molecule has 0 bridgehead atoms. The molecule has 0 saturated carbocycles. The van der Waals surface area contributed by atoms with Gasteiger partial charge in [0.15, 0.2) is 0 Å².